The summed E-state index contributed by atoms with van der Waals surface area (Å²) in [5.74, 6) is 0. The maximum absolute atomic E-state index is 9.27. The predicted molar refractivity (Wildman–Crippen MR) is 41.6 cm³/mol. The van der Waals surface area contributed by atoms with Gasteiger partial charge in [-0.1, -0.05) is 11.6 Å². The highest BCUT2D eigenvalue weighted by Crippen LogP contribution is 2.21. The summed E-state index contributed by atoms with van der Waals surface area (Å²) < 4.78 is 4.91. The molecule has 1 aliphatic rings. The maximum atomic E-state index is 9.27. The number of rotatable bonds is 1. The number of ether oxygens (including phenoxy) is 1. The van der Waals surface area contributed by atoms with Crippen molar-refractivity contribution in [3.05, 3.63) is 0 Å². The third-order valence-electron chi connectivity index (χ3n) is 1.91. The lowest BCUT2D eigenvalue weighted by atomic mass is 9.99. The topological polar surface area (TPSA) is 95.9 Å². The van der Waals surface area contributed by atoms with E-state index < -0.39 is 36.5 Å². The van der Waals surface area contributed by atoms with Crippen LogP contribution in [0.15, 0.2) is 0 Å². The van der Waals surface area contributed by atoms with Crippen molar-refractivity contribution in [3.63, 3.8) is 0 Å². The van der Waals surface area contributed by atoms with Gasteiger partial charge < -0.3 is 25.8 Å². The van der Waals surface area contributed by atoms with Crippen molar-refractivity contribution in [3.8, 4) is 0 Å². The van der Waals surface area contributed by atoms with Crippen LogP contribution in [0.4, 0.5) is 0 Å². The van der Waals surface area contributed by atoms with Gasteiger partial charge in [-0.05, 0) is 0 Å². The molecule has 1 heterocycles. The van der Waals surface area contributed by atoms with Crippen LogP contribution in [0.1, 0.15) is 0 Å². The lowest BCUT2D eigenvalue weighted by molar-refractivity contribution is -0.167. The molecule has 0 bridgehead atoms. The monoisotopic (exact) mass is 197 g/mol. The molecule has 1 aliphatic heterocycles. The second-order valence-electron chi connectivity index (χ2n) is 2.77. The molecule has 0 radical (unpaired) electrons. The number of nitrogens with two attached hydrogens (primary N) is 1. The zero-order valence-electron chi connectivity index (χ0n) is 6.30. The number of hydrogen-bond donors (Lipinski definition) is 4. The van der Waals surface area contributed by atoms with Gasteiger partial charge in [-0.15, -0.1) is 0 Å². The molecule has 0 aliphatic carbocycles. The molecule has 5 atom stereocenters. The Kier molecular flexibility index (Phi) is 3.28. The number of aliphatic hydroxyl groups excluding tert-OH is 3. The molecule has 72 valence electrons. The molecule has 0 spiro atoms. The lowest BCUT2D eigenvalue weighted by Crippen LogP contribution is -2.60. The average molecular weight is 198 g/mol. The summed E-state index contributed by atoms with van der Waals surface area (Å²) in [7, 11) is 0. The number of hydrogen-bond acceptors (Lipinski definition) is 5. The minimum absolute atomic E-state index is 0.395. The van der Waals surface area contributed by atoms with E-state index in [9.17, 15) is 10.2 Å². The molecule has 0 aromatic rings. The van der Waals surface area contributed by atoms with Gasteiger partial charge in [-0.3, -0.25) is 0 Å². The first kappa shape index (κ1) is 10.2. The minimum Gasteiger partial charge on any atom is -0.394 e. The van der Waals surface area contributed by atoms with Crippen molar-refractivity contribution in [2.24, 2.45) is 5.73 Å². The summed E-state index contributed by atoms with van der Waals surface area (Å²) in [5, 5.41) is 27.2. The van der Waals surface area contributed by atoms with Crippen molar-refractivity contribution in [2.75, 3.05) is 6.61 Å². The third-order valence-corrected chi connectivity index (χ3v) is 2.31. The Morgan fingerprint density at radius 3 is 2.42 bits per heavy atom. The van der Waals surface area contributed by atoms with Crippen LogP contribution in [0.3, 0.4) is 0 Å². The largest absolute Gasteiger partial charge is 0.394 e. The van der Waals surface area contributed by atoms with Crippen molar-refractivity contribution < 1.29 is 20.1 Å². The van der Waals surface area contributed by atoms with Crippen molar-refractivity contribution in [2.45, 2.75) is 29.9 Å². The molecule has 5 nitrogen and oxygen atoms in total. The Labute approximate surface area is 74.7 Å². The number of halogens is 1. The molecule has 6 heteroatoms. The van der Waals surface area contributed by atoms with Gasteiger partial charge in [-0.2, -0.15) is 0 Å². The Hall–Kier alpha value is 0.0900. The van der Waals surface area contributed by atoms with E-state index in [1.807, 2.05) is 0 Å². The smallest absolute Gasteiger partial charge is 0.149 e. The third kappa shape index (κ3) is 1.71. The molecule has 0 aromatic heterocycles. The molecule has 1 saturated heterocycles. The minimum atomic E-state index is -1.18. The zero-order valence-corrected chi connectivity index (χ0v) is 7.05. The molecular formula is C6H12ClNO4. The molecule has 1 fully saturated rings. The quantitative estimate of drug-likeness (QED) is 0.365. The van der Waals surface area contributed by atoms with Crippen LogP contribution in [0, 0.1) is 0 Å². The standard InChI is InChI=1S/C6H12ClNO4/c7-6-3(8)5(11)4(10)2(1-9)12-6/h2-6,9-11H,1,8H2/t2-,3-,4-,5-,6?/m1/s1. The molecule has 1 rings (SSSR count). The van der Waals surface area contributed by atoms with E-state index in [-0.39, 0.29) is 0 Å². The summed E-state index contributed by atoms with van der Waals surface area (Å²) in [6, 6.07) is -0.829. The van der Waals surface area contributed by atoms with E-state index in [0.717, 1.165) is 0 Å². The number of aliphatic hydroxyl groups is 3. The Morgan fingerprint density at radius 1 is 1.33 bits per heavy atom. The summed E-state index contributed by atoms with van der Waals surface area (Å²) in [6.07, 6.45) is -3.19. The first-order valence-corrected chi connectivity index (χ1v) is 4.03. The van der Waals surface area contributed by atoms with Gasteiger partial charge in [0.1, 0.15) is 23.9 Å². The van der Waals surface area contributed by atoms with Crippen molar-refractivity contribution in [1.82, 2.24) is 0 Å². The fraction of sp³-hybridized carbons (Fsp3) is 1.00. The lowest BCUT2D eigenvalue weighted by Gasteiger charge is -2.38. The van der Waals surface area contributed by atoms with E-state index in [1.165, 1.54) is 0 Å². The van der Waals surface area contributed by atoms with E-state index in [1.54, 1.807) is 0 Å². The van der Waals surface area contributed by atoms with Gasteiger partial charge in [0.25, 0.3) is 0 Å². The fourth-order valence-electron chi connectivity index (χ4n) is 1.09. The van der Waals surface area contributed by atoms with Crippen LogP contribution in [-0.2, 0) is 4.74 Å². The van der Waals surface area contributed by atoms with Crippen LogP contribution in [-0.4, -0.2) is 51.8 Å². The van der Waals surface area contributed by atoms with Gasteiger partial charge >= 0.3 is 0 Å². The van der Waals surface area contributed by atoms with Gasteiger partial charge in [0.15, 0.2) is 0 Å². The first-order chi connectivity index (χ1) is 5.57. The maximum Gasteiger partial charge on any atom is 0.149 e. The second kappa shape index (κ2) is 3.87. The SMILES string of the molecule is N[C@H]1C(Cl)O[C@H](CO)[C@@H](O)[C@@H]1O. The average Bonchev–Trinajstić information content (AvgIpc) is 2.08. The van der Waals surface area contributed by atoms with Crippen LogP contribution in [0.2, 0.25) is 0 Å². The fourth-order valence-corrected chi connectivity index (χ4v) is 1.37. The van der Waals surface area contributed by atoms with E-state index in [4.69, 9.17) is 27.2 Å². The molecule has 5 N–H and O–H groups in total. The first-order valence-electron chi connectivity index (χ1n) is 3.60. The normalized spacial score (nSPS) is 49.2. The van der Waals surface area contributed by atoms with Crippen molar-refractivity contribution >= 4 is 11.6 Å². The molecular weight excluding hydrogens is 186 g/mol. The van der Waals surface area contributed by atoms with Gasteiger partial charge in [-0.25, -0.2) is 0 Å². The van der Waals surface area contributed by atoms with Crippen LogP contribution >= 0.6 is 11.6 Å². The van der Waals surface area contributed by atoms with Gasteiger partial charge in [0, 0.05) is 0 Å². The van der Waals surface area contributed by atoms with Crippen LogP contribution in [0.25, 0.3) is 0 Å². The molecule has 0 saturated carbocycles. The predicted octanol–water partition coefficient (Wildman–Crippen LogP) is -2.01. The Morgan fingerprint density at radius 2 is 1.92 bits per heavy atom. The van der Waals surface area contributed by atoms with E-state index in [0.29, 0.717) is 0 Å². The van der Waals surface area contributed by atoms with Gasteiger partial charge in [0.2, 0.25) is 0 Å². The molecule has 0 amide bonds. The van der Waals surface area contributed by atoms with Crippen LogP contribution in [0.5, 0.6) is 0 Å². The second-order valence-corrected chi connectivity index (χ2v) is 3.20. The van der Waals surface area contributed by atoms with Crippen LogP contribution < -0.4 is 5.73 Å². The molecule has 12 heavy (non-hydrogen) atoms. The highest BCUT2D eigenvalue weighted by molar-refractivity contribution is 6.20. The van der Waals surface area contributed by atoms with Crippen molar-refractivity contribution in [1.29, 1.82) is 0 Å². The highest BCUT2D eigenvalue weighted by atomic mass is 35.5. The summed E-state index contributed by atoms with van der Waals surface area (Å²) >= 11 is 5.57. The molecule has 0 aromatic carbocycles. The number of alkyl halides is 1. The summed E-state index contributed by atoms with van der Waals surface area (Å²) in [6.45, 7) is -0.395. The molecule has 1 unspecified atom stereocenters. The van der Waals surface area contributed by atoms with E-state index >= 15 is 0 Å². The Bertz CT molecular complexity index is 154. The summed E-state index contributed by atoms with van der Waals surface area (Å²) in [4.78, 5) is 0. The highest BCUT2D eigenvalue weighted by Gasteiger charge is 2.41. The van der Waals surface area contributed by atoms with Gasteiger partial charge in [0.05, 0.1) is 12.6 Å². The summed E-state index contributed by atoms with van der Waals surface area (Å²) in [5.41, 5.74) is 4.51. The zero-order chi connectivity index (χ0) is 9.30. The Balaban J connectivity index is 2.63. The van der Waals surface area contributed by atoms with E-state index in [2.05, 4.69) is 0 Å².